The summed E-state index contributed by atoms with van der Waals surface area (Å²) in [5.74, 6) is -0.765. The molecule has 0 aromatic heterocycles. The molecule has 0 saturated heterocycles. The molecule has 0 aliphatic carbocycles. The minimum atomic E-state index is -0.361. The number of para-hydroxylation sites is 1. The number of likely N-dealkylation sites (N-methyl/N-ethyl adjacent to an activating group) is 1. The van der Waals surface area contributed by atoms with Gasteiger partial charge in [-0.1, -0.05) is 48.5 Å². The summed E-state index contributed by atoms with van der Waals surface area (Å²) in [6.07, 6.45) is 0.722. The van der Waals surface area contributed by atoms with Gasteiger partial charge >= 0.3 is 0 Å². The number of nitrogens with one attached hydrogen (secondary N) is 3. The topological polar surface area (TPSA) is 62.6 Å². The van der Waals surface area contributed by atoms with E-state index in [-0.39, 0.29) is 30.7 Å². The van der Waals surface area contributed by atoms with E-state index in [4.69, 9.17) is 0 Å². The maximum atomic E-state index is 12.9. The first-order valence-corrected chi connectivity index (χ1v) is 9.78. The number of benzene rings is 3. The van der Waals surface area contributed by atoms with Crippen molar-refractivity contribution >= 4 is 23.2 Å². The maximum absolute atomic E-state index is 12.9. The standard InChI is InChI=1S/C24H24FN3O2/c1-28(16-23(29)26-21-13-11-20(25)12-14-21)17-24(30)27-22-10-6-5-9-19(22)15-18-7-3-2-4-8-18/h2-14H,15-17H2,1H3,(H,26,29)(H,27,30)/p+1. The summed E-state index contributed by atoms with van der Waals surface area (Å²) in [6, 6.07) is 23.3. The van der Waals surface area contributed by atoms with Crippen molar-refractivity contribution in [1.82, 2.24) is 0 Å². The van der Waals surface area contributed by atoms with Gasteiger partial charge in [0.05, 0.1) is 7.05 Å². The number of halogens is 1. The van der Waals surface area contributed by atoms with Crippen LogP contribution in [0.15, 0.2) is 78.9 Å². The highest BCUT2D eigenvalue weighted by atomic mass is 19.1. The Kier molecular flexibility index (Phi) is 7.29. The van der Waals surface area contributed by atoms with E-state index in [0.717, 1.165) is 22.6 Å². The van der Waals surface area contributed by atoms with Gasteiger partial charge in [0, 0.05) is 11.4 Å². The van der Waals surface area contributed by atoms with Crippen LogP contribution in [-0.4, -0.2) is 32.0 Å². The van der Waals surface area contributed by atoms with E-state index < -0.39 is 0 Å². The third-order valence-corrected chi connectivity index (χ3v) is 4.58. The molecule has 3 rings (SSSR count). The summed E-state index contributed by atoms with van der Waals surface area (Å²) in [7, 11) is 1.78. The number of carbonyl (C=O) groups is 2. The van der Waals surface area contributed by atoms with Gasteiger partial charge in [-0.05, 0) is 47.9 Å². The van der Waals surface area contributed by atoms with E-state index in [1.165, 1.54) is 29.8 Å². The smallest absolute Gasteiger partial charge is 0.279 e. The Balaban J connectivity index is 1.52. The molecule has 30 heavy (non-hydrogen) atoms. The fourth-order valence-electron chi connectivity index (χ4n) is 3.16. The lowest BCUT2D eigenvalue weighted by atomic mass is 10.0. The van der Waals surface area contributed by atoms with Crippen LogP contribution < -0.4 is 15.5 Å². The molecule has 0 fully saturated rings. The second-order valence-electron chi connectivity index (χ2n) is 7.23. The summed E-state index contributed by atoms with van der Waals surface area (Å²) in [5.41, 5.74) is 3.49. The SMILES string of the molecule is C[NH+](CC(=O)Nc1ccc(F)cc1)CC(=O)Nc1ccccc1Cc1ccccc1. The summed E-state index contributed by atoms with van der Waals surface area (Å²) >= 11 is 0. The molecule has 1 atom stereocenters. The minimum Gasteiger partial charge on any atom is -0.322 e. The highest BCUT2D eigenvalue weighted by Crippen LogP contribution is 2.18. The Morgan fingerprint density at radius 3 is 2.10 bits per heavy atom. The molecule has 0 aliphatic heterocycles. The quantitative estimate of drug-likeness (QED) is 0.538. The van der Waals surface area contributed by atoms with E-state index in [0.29, 0.717) is 5.69 Å². The average Bonchev–Trinajstić information content (AvgIpc) is 2.71. The summed E-state index contributed by atoms with van der Waals surface area (Å²) in [6.45, 7) is 0.271. The zero-order valence-electron chi connectivity index (χ0n) is 16.8. The predicted octanol–water partition coefficient (Wildman–Crippen LogP) is 2.51. The first-order chi connectivity index (χ1) is 14.5. The van der Waals surface area contributed by atoms with Crippen LogP contribution in [0.4, 0.5) is 15.8 Å². The molecule has 0 heterocycles. The van der Waals surface area contributed by atoms with Gasteiger partial charge in [-0.3, -0.25) is 9.59 Å². The fraction of sp³-hybridized carbons (Fsp3) is 0.167. The highest BCUT2D eigenvalue weighted by Gasteiger charge is 2.15. The molecule has 3 N–H and O–H groups in total. The molecule has 0 aliphatic rings. The summed E-state index contributed by atoms with van der Waals surface area (Å²) < 4.78 is 12.9. The molecule has 3 aromatic rings. The molecule has 154 valence electrons. The van der Waals surface area contributed by atoms with Gasteiger partial charge in [-0.15, -0.1) is 0 Å². The first kappa shape index (κ1) is 21.2. The molecule has 0 saturated carbocycles. The number of amides is 2. The zero-order valence-corrected chi connectivity index (χ0v) is 16.8. The van der Waals surface area contributed by atoms with E-state index in [1.807, 2.05) is 42.5 Å². The Morgan fingerprint density at radius 2 is 1.40 bits per heavy atom. The molecule has 0 spiro atoms. The molecular weight excluding hydrogens is 381 g/mol. The van der Waals surface area contributed by atoms with E-state index >= 15 is 0 Å². The van der Waals surface area contributed by atoms with Crippen molar-refractivity contribution in [1.29, 1.82) is 0 Å². The Hall–Kier alpha value is -3.51. The zero-order chi connectivity index (χ0) is 21.3. The summed E-state index contributed by atoms with van der Waals surface area (Å²) in [5, 5.41) is 5.66. The Labute approximate surface area is 175 Å². The van der Waals surface area contributed by atoms with Crippen LogP contribution in [-0.2, 0) is 16.0 Å². The second kappa shape index (κ2) is 10.3. The molecule has 5 nitrogen and oxygen atoms in total. The molecule has 0 radical (unpaired) electrons. The van der Waals surface area contributed by atoms with Crippen LogP contribution in [0.1, 0.15) is 11.1 Å². The predicted molar refractivity (Wildman–Crippen MR) is 116 cm³/mol. The maximum Gasteiger partial charge on any atom is 0.279 e. The molecule has 3 aromatic carbocycles. The molecule has 0 bridgehead atoms. The van der Waals surface area contributed by atoms with Gasteiger partial charge in [-0.2, -0.15) is 0 Å². The van der Waals surface area contributed by atoms with Crippen LogP contribution >= 0.6 is 0 Å². The number of carbonyl (C=O) groups excluding carboxylic acids is 2. The lowest BCUT2D eigenvalue weighted by Crippen LogP contribution is -3.11. The normalized spacial score (nSPS) is 11.5. The largest absolute Gasteiger partial charge is 0.322 e. The third-order valence-electron chi connectivity index (χ3n) is 4.58. The van der Waals surface area contributed by atoms with Crippen molar-refractivity contribution in [3.63, 3.8) is 0 Å². The van der Waals surface area contributed by atoms with Crippen molar-refractivity contribution in [3.05, 3.63) is 95.8 Å². The Bertz CT molecular complexity index is 991. The lowest BCUT2D eigenvalue weighted by Gasteiger charge is -2.15. The first-order valence-electron chi connectivity index (χ1n) is 9.78. The van der Waals surface area contributed by atoms with Crippen LogP contribution in [0.5, 0.6) is 0 Å². The van der Waals surface area contributed by atoms with Crippen molar-refractivity contribution in [3.8, 4) is 0 Å². The van der Waals surface area contributed by atoms with Gasteiger partial charge in [0.2, 0.25) is 0 Å². The monoisotopic (exact) mass is 406 g/mol. The van der Waals surface area contributed by atoms with Crippen molar-refractivity contribution < 1.29 is 18.9 Å². The Morgan fingerprint density at radius 1 is 0.800 bits per heavy atom. The molecule has 1 unspecified atom stereocenters. The average molecular weight is 406 g/mol. The molecule has 2 amide bonds. The van der Waals surface area contributed by atoms with Crippen molar-refractivity contribution in [2.24, 2.45) is 0 Å². The number of hydrogen-bond acceptors (Lipinski definition) is 2. The highest BCUT2D eigenvalue weighted by molar-refractivity contribution is 5.93. The van der Waals surface area contributed by atoms with Gasteiger partial charge in [0.15, 0.2) is 13.1 Å². The van der Waals surface area contributed by atoms with Crippen molar-refractivity contribution in [2.45, 2.75) is 6.42 Å². The molecule has 6 heteroatoms. The van der Waals surface area contributed by atoms with E-state index in [2.05, 4.69) is 22.8 Å². The minimum absolute atomic E-state index is 0.121. The van der Waals surface area contributed by atoms with Gasteiger partial charge in [-0.25, -0.2) is 4.39 Å². The second-order valence-corrected chi connectivity index (χ2v) is 7.23. The van der Waals surface area contributed by atoms with Gasteiger partial charge in [0.25, 0.3) is 11.8 Å². The number of quaternary nitrogens is 1. The van der Waals surface area contributed by atoms with Crippen molar-refractivity contribution in [2.75, 3.05) is 30.8 Å². The van der Waals surface area contributed by atoms with Gasteiger partial charge in [0.1, 0.15) is 5.82 Å². The molecular formula is C24H25FN3O2+. The third kappa shape index (κ3) is 6.53. The number of hydrogen-bond donors (Lipinski definition) is 3. The summed E-state index contributed by atoms with van der Waals surface area (Å²) in [4.78, 5) is 25.4. The van der Waals surface area contributed by atoms with Crippen LogP contribution in [0, 0.1) is 5.82 Å². The fourth-order valence-corrected chi connectivity index (χ4v) is 3.16. The van der Waals surface area contributed by atoms with E-state index in [9.17, 15) is 14.0 Å². The van der Waals surface area contributed by atoms with E-state index in [1.54, 1.807) is 7.05 Å². The van der Waals surface area contributed by atoms with Crippen LogP contribution in [0.25, 0.3) is 0 Å². The number of anilines is 2. The van der Waals surface area contributed by atoms with Gasteiger partial charge < -0.3 is 15.5 Å². The number of rotatable bonds is 8. The van der Waals surface area contributed by atoms with Crippen LogP contribution in [0.2, 0.25) is 0 Å². The van der Waals surface area contributed by atoms with Crippen LogP contribution in [0.3, 0.4) is 0 Å². The lowest BCUT2D eigenvalue weighted by molar-refractivity contribution is -0.862.